The predicted octanol–water partition coefficient (Wildman–Crippen LogP) is 0.707. The van der Waals surface area contributed by atoms with Crippen LogP contribution in [-0.4, -0.2) is 50.8 Å². The van der Waals surface area contributed by atoms with Crippen LogP contribution in [0.25, 0.3) is 0 Å². The molecule has 1 fully saturated rings. The molecule has 1 unspecified atom stereocenters. The fourth-order valence-corrected chi connectivity index (χ4v) is 1.73. The van der Waals surface area contributed by atoms with Crippen molar-refractivity contribution in [2.24, 2.45) is 0 Å². The largest absolute Gasteiger partial charge is 0.380 e. The molecule has 0 aliphatic carbocycles. The fourth-order valence-electron chi connectivity index (χ4n) is 1.73. The molecule has 1 aliphatic heterocycles. The molecule has 1 heterocycles. The van der Waals surface area contributed by atoms with E-state index in [4.69, 9.17) is 4.74 Å². The first-order valence-corrected chi connectivity index (χ1v) is 5.32. The van der Waals surface area contributed by atoms with Crippen molar-refractivity contribution in [3.05, 3.63) is 0 Å². The Morgan fingerprint density at radius 2 is 2.31 bits per heavy atom. The van der Waals surface area contributed by atoms with Gasteiger partial charge in [-0.1, -0.05) is 6.92 Å². The molecule has 3 nitrogen and oxygen atoms in total. The predicted molar refractivity (Wildman–Crippen MR) is 55.0 cm³/mol. The minimum absolute atomic E-state index is 0.478. The average Bonchev–Trinajstić information content (AvgIpc) is 2.60. The van der Waals surface area contributed by atoms with Gasteiger partial charge in [0.25, 0.3) is 0 Å². The second kappa shape index (κ2) is 6.35. The highest BCUT2D eigenvalue weighted by Crippen LogP contribution is 2.10. The van der Waals surface area contributed by atoms with Gasteiger partial charge in [0.15, 0.2) is 0 Å². The lowest BCUT2D eigenvalue weighted by atomic mass is 10.3. The van der Waals surface area contributed by atoms with Crippen LogP contribution >= 0.6 is 0 Å². The molecule has 0 bridgehead atoms. The minimum Gasteiger partial charge on any atom is -0.380 e. The van der Waals surface area contributed by atoms with Crippen molar-refractivity contribution < 1.29 is 4.74 Å². The molecule has 1 aliphatic rings. The third-order valence-electron chi connectivity index (χ3n) is 2.59. The van der Waals surface area contributed by atoms with E-state index in [0.717, 1.165) is 19.6 Å². The van der Waals surface area contributed by atoms with Gasteiger partial charge in [-0.15, -0.1) is 0 Å². The molecule has 0 aromatic heterocycles. The number of hydrogen-bond donors (Lipinski definition) is 1. The maximum Gasteiger partial charge on any atom is 0.0710 e. The molecule has 3 heteroatoms. The van der Waals surface area contributed by atoms with Crippen molar-refractivity contribution >= 4 is 0 Å². The number of rotatable bonds is 6. The first kappa shape index (κ1) is 11.0. The van der Waals surface area contributed by atoms with E-state index in [1.165, 1.54) is 25.9 Å². The number of nitrogens with zero attached hydrogens (tertiary/aromatic N) is 1. The molecule has 0 amide bonds. The van der Waals surface area contributed by atoms with Gasteiger partial charge in [-0.05, 0) is 19.4 Å². The summed E-state index contributed by atoms with van der Waals surface area (Å²) in [6.45, 7) is 7.94. The van der Waals surface area contributed by atoms with Crippen molar-refractivity contribution in [1.29, 1.82) is 0 Å². The van der Waals surface area contributed by atoms with E-state index in [2.05, 4.69) is 17.1 Å². The maximum atomic E-state index is 5.31. The van der Waals surface area contributed by atoms with Crippen molar-refractivity contribution in [2.45, 2.75) is 25.9 Å². The summed E-state index contributed by atoms with van der Waals surface area (Å²) in [6.07, 6.45) is 2.90. The molecular formula is C10H22N2O. The van der Waals surface area contributed by atoms with Crippen molar-refractivity contribution in [1.82, 2.24) is 10.2 Å². The summed E-state index contributed by atoms with van der Waals surface area (Å²) in [5, 5.41) is 3.41. The number of hydrogen-bond acceptors (Lipinski definition) is 3. The van der Waals surface area contributed by atoms with Crippen molar-refractivity contribution in [3.63, 3.8) is 0 Å². The van der Waals surface area contributed by atoms with Gasteiger partial charge in [-0.2, -0.15) is 0 Å². The van der Waals surface area contributed by atoms with Crippen LogP contribution < -0.4 is 5.32 Å². The monoisotopic (exact) mass is 186 g/mol. The van der Waals surface area contributed by atoms with E-state index in [0.29, 0.717) is 6.10 Å². The van der Waals surface area contributed by atoms with E-state index in [1.54, 1.807) is 0 Å². The second-order valence-electron chi connectivity index (χ2n) is 3.70. The summed E-state index contributed by atoms with van der Waals surface area (Å²) in [6, 6.07) is 0. The molecule has 0 radical (unpaired) electrons. The summed E-state index contributed by atoms with van der Waals surface area (Å²) < 4.78 is 5.31. The Balaban J connectivity index is 1.97. The van der Waals surface area contributed by atoms with E-state index < -0.39 is 0 Å². The SMILES string of the molecule is CCCNCCN1CCC(OC)C1. The smallest absolute Gasteiger partial charge is 0.0710 e. The summed E-state index contributed by atoms with van der Waals surface area (Å²) >= 11 is 0. The van der Waals surface area contributed by atoms with Crippen LogP contribution in [0.2, 0.25) is 0 Å². The lowest BCUT2D eigenvalue weighted by Gasteiger charge is -2.15. The highest BCUT2D eigenvalue weighted by Gasteiger charge is 2.20. The van der Waals surface area contributed by atoms with Gasteiger partial charge >= 0.3 is 0 Å². The van der Waals surface area contributed by atoms with Gasteiger partial charge in [-0.3, -0.25) is 4.90 Å². The van der Waals surface area contributed by atoms with E-state index in [9.17, 15) is 0 Å². The second-order valence-corrected chi connectivity index (χ2v) is 3.70. The number of methoxy groups -OCH3 is 1. The molecule has 1 atom stereocenters. The average molecular weight is 186 g/mol. The van der Waals surface area contributed by atoms with Crippen LogP contribution in [0.5, 0.6) is 0 Å². The van der Waals surface area contributed by atoms with Crippen LogP contribution in [0.3, 0.4) is 0 Å². The van der Waals surface area contributed by atoms with Crippen LogP contribution in [0.15, 0.2) is 0 Å². The van der Waals surface area contributed by atoms with Crippen LogP contribution in [0, 0.1) is 0 Å². The molecule has 1 saturated heterocycles. The topological polar surface area (TPSA) is 24.5 Å². The van der Waals surface area contributed by atoms with Crippen molar-refractivity contribution in [2.75, 3.05) is 39.8 Å². The van der Waals surface area contributed by atoms with Gasteiger partial charge in [0.2, 0.25) is 0 Å². The lowest BCUT2D eigenvalue weighted by molar-refractivity contribution is 0.108. The normalized spacial score (nSPS) is 24.0. The van der Waals surface area contributed by atoms with Crippen LogP contribution in [0.1, 0.15) is 19.8 Å². The third-order valence-corrected chi connectivity index (χ3v) is 2.59. The summed E-state index contributed by atoms with van der Waals surface area (Å²) in [4.78, 5) is 2.47. The molecule has 1 N–H and O–H groups in total. The Hall–Kier alpha value is -0.120. The molecule has 0 spiro atoms. The Morgan fingerprint density at radius 1 is 1.46 bits per heavy atom. The molecule has 0 aromatic rings. The van der Waals surface area contributed by atoms with E-state index in [1.807, 2.05) is 7.11 Å². The Labute approximate surface area is 81.4 Å². The Kier molecular flexibility index (Phi) is 5.35. The molecule has 13 heavy (non-hydrogen) atoms. The molecule has 78 valence electrons. The third kappa shape index (κ3) is 4.07. The minimum atomic E-state index is 0.478. The Bertz CT molecular complexity index is 130. The summed E-state index contributed by atoms with van der Waals surface area (Å²) in [5.41, 5.74) is 0. The lowest BCUT2D eigenvalue weighted by Crippen LogP contribution is -2.31. The first-order valence-electron chi connectivity index (χ1n) is 5.32. The van der Waals surface area contributed by atoms with Crippen LogP contribution in [0.4, 0.5) is 0 Å². The highest BCUT2D eigenvalue weighted by molar-refractivity contribution is 4.75. The summed E-state index contributed by atoms with van der Waals surface area (Å²) in [7, 11) is 1.81. The van der Waals surface area contributed by atoms with Gasteiger partial charge in [0, 0.05) is 33.3 Å². The Morgan fingerprint density at radius 3 is 2.92 bits per heavy atom. The molecule has 0 aromatic carbocycles. The summed E-state index contributed by atoms with van der Waals surface area (Å²) in [5.74, 6) is 0. The zero-order valence-electron chi connectivity index (χ0n) is 8.88. The van der Waals surface area contributed by atoms with E-state index in [-0.39, 0.29) is 0 Å². The van der Waals surface area contributed by atoms with Gasteiger partial charge in [0.05, 0.1) is 6.10 Å². The van der Waals surface area contributed by atoms with E-state index >= 15 is 0 Å². The zero-order valence-corrected chi connectivity index (χ0v) is 8.88. The number of nitrogens with one attached hydrogen (secondary N) is 1. The highest BCUT2D eigenvalue weighted by atomic mass is 16.5. The number of likely N-dealkylation sites (tertiary alicyclic amines) is 1. The molecular weight excluding hydrogens is 164 g/mol. The van der Waals surface area contributed by atoms with Crippen LogP contribution in [-0.2, 0) is 4.74 Å². The quantitative estimate of drug-likeness (QED) is 0.618. The van der Waals surface area contributed by atoms with Gasteiger partial charge in [0.1, 0.15) is 0 Å². The maximum absolute atomic E-state index is 5.31. The van der Waals surface area contributed by atoms with Gasteiger partial charge < -0.3 is 10.1 Å². The standard InChI is InChI=1S/C10H22N2O/c1-3-5-11-6-8-12-7-4-10(9-12)13-2/h10-11H,3-9H2,1-2H3. The molecule has 0 saturated carbocycles. The van der Waals surface area contributed by atoms with Crippen molar-refractivity contribution in [3.8, 4) is 0 Å². The first-order chi connectivity index (χ1) is 6.36. The number of ether oxygens (including phenoxy) is 1. The molecule has 1 rings (SSSR count). The zero-order chi connectivity index (χ0) is 9.52. The van der Waals surface area contributed by atoms with Gasteiger partial charge in [-0.25, -0.2) is 0 Å². The fraction of sp³-hybridized carbons (Fsp3) is 1.00.